The van der Waals surface area contributed by atoms with E-state index in [0.717, 1.165) is 88.1 Å². The number of aromatic nitrogens is 6. The summed E-state index contributed by atoms with van der Waals surface area (Å²) in [6.07, 6.45) is 11.8. The van der Waals surface area contributed by atoms with E-state index in [1.807, 2.05) is 26.2 Å². The van der Waals surface area contributed by atoms with Crippen molar-refractivity contribution in [2.75, 3.05) is 0 Å². The van der Waals surface area contributed by atoms with E-state index < -0.39 is 0 Å². The van der Waals surface area contributed by atoms with Crippen LogP contribution in [0.2, 0.25) is 0 Å². The molecule has 2 unspecified atom stereocenters. The molecular weight excluding hydrogens is 560 g/mol. The Balaban J connectivity index is 1.12. The lowest BCUT2D eigenvalue weighted by atomic mass is 9.84. The molecular formula is C37H38N6O2. The van der Waals surface area contributed by atoms with Gasteiger partial charge >= 0.3 is 0 Å². The van der Waals surface area contributed by atoms with E-state index in [4.69, 9.17) is 0 Å². The van der Waals surface area contributed by atoms with Crippen LogP contribution in [-0.2, 0) is 46.4 Å². The van der Waals surface area contributed by atoms with Gasteiger partial charge in [-0.25, -0.2) is 9.97 Å². The number of benzene rings is 2. The van der Waals surface area contributed by atoms with E-state index in [1.54, 1.807) is 12.4 Å². The van der Waals surface area contributed by atoms with Gasteiger partial charge in [0.05, 0.1) is 0 Å². The second-order valence-corrected chi connectivity index (χ2v) is 13.1. The van der Waals surface area contributed by atoms with Crippen LogP contribution in [0.1, 0.15) is 67.7 Å². The molecule has 6 aromatic rings. The Kier molecular flexibility index (Phi) is 6.45. The van der Waals surface area contributed by atoms with Crippen LogP contribution in [0.4, 0.5) is 0 Å². The predicted octanol–water partition coefficient (Wildman–Crippen LogP) is 6.16. The number of fused-ring (bicyclic) bond motifs is 6. The van der Waals surface area contributed by atoms with Gasteiger partial charge in [0, 0.05) is 108 Å². The van der Waals surface area contributed by atoms with Crippen molar-refractivity contribution in [1.82, 2.24) is 28.2 Å². The van der Waals surface area contributed by atoms with Crippen molar-refractivity contribution in [2.24, 2.45) is 25.9 Å². The Bertz CT molecular complexity index is 2000. The molecule has 0 N–H and O–H groups in total. The second kappa shape index (κ2) is 10.4. The van der Waals surface area contributed by atoms with Crippen molar-refractivity contribution >= 4 is 33.4 Å². The summed E-state index contributed by atoms with van der Waals surface area (Å²) in [6, 6.07) is 13.1. The average Bonchev–Trinajstić information content (AvgIpc) is 3.77. The van der Waals surface area contributed by atoms with Crippen molar-refractivity contribution in [3.63, 3.8) is 0 Å². The number of rotatable bonds is 6. The molecule has 8 heteroatoms. The lowest BCUT2D eigenvalue weighted by Gasteiger charge is -2.23. The third kappa shape index (κ3) is 4.41. The number of imidazole rings is 2. The standard InChI is InChI=1S/C37H38N6O2/c1-22-38-13-15-42(22)20-26-7-11-32-34(36(26)44)28-18-24(5-9-30(28)40(32)3)17-25-6-10-31-29(19-25)35-33(41(31)4)12-8-27(37(35)45)21-43-16-14-39-23(43)2/h5-6,9-10,13-16,18-19,26-27H,7-8,11-12,17,20-21H2,1-4H3. The normalized spacial score (nSPS) is 18.2. The molecule has 0 aliphatic heterocycles. The fourth-order valence-corrected chi connectivity index (χ4v) is 7.99. The number of carbonyl (C=O) groups excluding carboxylic acids is 2. The first-order valence-electron chi connectivity index (χ1n) is 16.0. The highest BCUT2D eigenvalue weighted by atomic mass is 16.1. The summed E-state index contributed by atoms with van der Waals surface area (Å²) in [6.45, 7) is 5.32. The van der Waals surface area contributed by atoms with Crippen molar-refractivity contribution in [1.29, 1.82) is 0 Å². The van der Waals surface area contributed by atoms with Crippen LogP contribution in [-0.4, -0.2) is 39.8 Å². The lowest BCUT2D eigenvalue weighted by Crippen LogP contribution is -2.27. The summed E-state index contributed by atoms with van der Waals surface area (Å²) >= 11 is 0. The zero-order chi connectivity index (χ0) is 31.0. The van der Waals surface area contributed by atoms with Crippen molar-refractivity contribution in [3.05, 3.63) is 106 Å². The molecule has 0 amide bonds. The largest absolute Gasteiger partial charge is 0.347 e. The highest BCUT2D eigenvalue weighted by Crippen LogP contribution is 2.37. The van der Waals surface area contributed by atoms with E-state index in [2.05, 4.69) is 78.7 Å². The third-order valence-electron chi connectivity index (χ3n) is 10.6. The van der Waals surface area contributed by atoms with Gasteiger partial charge < -0.3 is 18.3 Å². The summed E-state index contributed by atoms with van der Waals surface area (Å²) < 4.78 is 8.60. The number of hydrogen-bond donors (Lipinski definition) is 0. The fourth-order valence-electron chi connectivity index (χ4n) is 7.99. The molecule has 0 bridgehead atoms. The first kappa shape index (κ1) is 27.8. The number of hydrogen-bond acceptors (Lipinski definition) is 4. The van der Waals surface area contributed by atoms with Crippen LogP contribution in [0.5, 0.6) is 0 Å². The molecule has 45 heavy (non-hydrogen) atoms. The summed E-state index contributed by atoms with van der Waals surface area (Å²) in [7, 11) is 4.17. The van der Waals surface area contributed by atoms with Crippen molar-refractivity contribution in [3.8, 4) is 0 Å². The fraction of sp³-hybridized carbons (Fsp3) is 0.351. The van der Waals surface area contributed by atoms with E-state index in [1.165, 1.54) is 11.1 Å². The molecule has 4 heterocycles. The molecule has 0 radical (unpaired) electrons. The quantitative estimate of drug-likeness (QED) is 0.230. The minimum atomic E-state index is -0.0506. The maximum Gasteiger partial charge on any atom is 0.170 e. The molecule has 0 saturated carbocycles. The van der Waals surface area contributed by atoms with Crippen LogP contribution in [0, 0.1) is 25.7 Å². The molecule has 2 atom stereocenters. The van der Waals surface area contributed by atoms with Crippen LogP contribution in [0.3, 0.4) is 0 Å². The molecule has 2 aromatic carbocycles. The predicted molar refractivity (Wildman–Crippen MR) is 175 cm³/mol. The number of Topliss-reactive ketones (excluding diaryl/α,β-unsaturated/α-hetero) is 2. The zero-order valence-electron chi connectivity index (χ0n) is 26.4. The van der Waals surface area contributed by atoms with Crippen LogP contribution < -0.4 is 0 Å². The molecule has 228 valence electrons. The van der Waals surface area contributed by atoms with Crippen molar-refractivity contribution in [2.45, 2.75) is 59.0 Å². The van der Waals surface area contributed by atoms with E-state index in [0.29, 0.717) is 13.1 Å². The third-order valence-corrected chi connectivity index (χ3v) is 10.6. The maximum atomic E-state index is 13.9. The summed E-state index contributed by atoms with van der Waals surface area (Å²) in [5, 5.41) is 2.10. The number of ketones is 2. The summed E-state index contributed by atoms with van der Waals surface area (Å²) in [5.41, 5.74) is 8.61. The SMILES string of the molecule is Cc1nccn1CC1CCc2c(c3cc(Cc4ccc5c(c4)c4c(n5C)CCC(Cn5ccnc5C)C4=O)ccc3n2C)C1=O. The van der Waals surface area contributed by atoms with Gasteiger partial charge in [0.2, 0.25) is 0 Å². The van der Waals surface area contributed by atoms with Gasteiger partial charge in [0.25, 0.3) is 0 Å². The van der Waals surface area contributed by atoms with Crippen LogP contribution in [0.25, 0.3) is 21.8 Å². The lowest BCUT2D eigenvalue weighted by molar-refractivity contribution is 0.0880. The average molecular weight is 599 g/mol. The molecule has 8 rings (SSSR count). The van der Waals surface area contributed by atoms with Gasteiger partial charge in [-0.15, -0.1) is 0 Å². The Morgan fingerprint density at radius 3 is 1.53 bits per heavy atom. The Morgan fingerprint density at radius 2 is 1.13 bits per heavy atom. The summed E-state index contributed by atoms with van der Waals surface area (Å²) in [5.74, 6) is 2.26. The van der Waals surface area contributed by atoms with Crippen LogP contribution in [0.15, 0.2) is 61.2 Å². The highest BCUT2D eigenvalue weighted by Gasteiger charge is 2.34. The molecule has 0 spiro atoms. The highest BCUT2D eigenvalue weighted by molar-refractivity contribution is 6.12. The second-order valence-electron chi connectivity index (χ2n) is 13.1. The van der Waals surface area contributed by atoms with Crippen molar-refractivity contribution < 1.29 is 9.59 Å². The molecule has 0 saturated heterocycles. The van der Waals surface area contributed by atoms with Gasteiger partial charge in [-0.3, -0.25) is 9.59 Å². The Morgan fingerprint density at radius 1 is 0.689 bits per heavy atom. The molecule has 8 nitrogen and oxygen atoms in total. The van der Waals surface area contributed by atoms with E-state index in [9.17, 15) is 9.59 Å². The minimum absolute atomic E-state index is 0.0506. The molecule has 0 fully saturated rings. The monoisotopic (exact) mass is 598 g/mol. The van der Waals surface area contributed by atoms with Crippen LogP contribution >= 0.6 is 0 Å². The van der Waals surface area contributed by atoms with Gasteiger partial charge in [-0.2, -0.15) is 0 Å². The Labute approximate surface area is 262 Å². The number of aryl methyl sites for hydroxylation is 4. The molecule has 2 aliphatic carbocycles. The van der Waals surface area contributed by atoms with E-state index in [-0.39, 0.29) is 23.4 Å². The number of nitrogens with zero attached hydrogens (tertiary/aromatic N) is 6. The molecule has 4 aromatic heterocycles. The first-order chi connectivity index (χ1) is 21.8. The van der Waals surface area contributed by atoms with Gasteiger partial charge in [-0.05, 0) is 81.3 Å². The van der Waals surface area contributed by atoms with E-state index >= 15 is 0 Å². The van der Waals surface area contributed by atoms with Gasteiger partial charge in [-0.1, -0.05) is 12.1 Å². The smallest absolute Gasteiger partial charge is 0.170 e. The molecule has 2 aliphatic rings. The zero-order valence-corrected chi connectivity index (χ0v) is 26.4. The topological polar surface area (TPSA) is 79.6 Å². The number of carbonyl (C=O) groups is 2. The first-order valence-corrected chi connectivity index (χ1v) is 16.0. The maximum absolute atomic E-state index is 13.9. The summed E-state index contributed by atoms with van der Waals surface area (Å²) in [4.78, 5) is 36.6. The Hall–Kier alpha value is -4.72. The minimum Gasteiger partial charge on any atom is -0.347 e. The van der Waals surface area contributed by atoms with Gasteiger partial charge in [0.15, 0.2) is 11.6 Å². The van der Waals surface area contributed by atoms with Gasteiger partial charge in [0.1, 0.15) is 11.6 Å².